The summed E-state index contributed by atoms with van der Waals surface area (Å²) in [5, 5.41) is 22.9. The molecule has 1 fully saturated rings. The van der Waals surface area contributed by atoms with Gasteiger partial charge in [-0.05, 0) is 85.7 Å². The molecule has 1 amide bonds. The number of imidazole rings is 1. The van der Waals surface area contributed by atoms with E-state index < -0.39 is 6.04 Å². The third kappa shape index (κ3) is 6.94. The van der Waals surface area contributed by atoms with Crippen LogP contribution >= 0.6 is 11.3 Å². The minimum Gasteiger partial charge on any atom is -0.358 e. The molecule has 1 aliphatic rings. The maximum Gasteiger partial charge on any atom is 0.242 e. The monoisotopic (exact) mass is 671 g/mol. The van der Waals surface area contributed by atoms with Crippen molar-refractivity contribution < 1.29 is 15.2 Å². The minimum absolute atomic E-state index is 0.0102. The number of nitrogens with one attached hydrogen (secondary N) is 4. The van der Waals surface area contributed by atoms with Crippen LogP contribution < -0.4 is 16.7 Å². The highest BCUT2D eigenvalue weighted by Crippen LogP contribution is 2.39. The van der Waals surface area contributed by atoms with Gasteiger partial charge in [0.1, 0.15) is 11.9 Å². The summed E-state index contributed by atoms with van der Waals surface area (Å²) < 4.78 is 0. The lowest BCUT2D eigenvalue weighted by molar-refractivity contribution is -0.138. The van der Waals surface area contributed by atoms with Crippen molar-refractivity contribution >= 4 is 38.9 Å². The SMILES string of the molecule is CC(C)[C@H](NO)C(=O)N1CCC[C@H]1c1ncc(-c2ccc(-c3ccc4c(ccc5cc(C(CCCN)C[C@@H](NO)C(C)C)[nH]c54)c3)s2)[nH]1. The van der Waals surface area contributed by atoms with Gasteiger partial charge in [-0.3, -0.25) is 4.79 Å². The number of carbonyl (C=O) groups is 1. The maximum absolute atomic E-state index is 13.2. The van der Waals surface area contributed by atoms with Crippen LogP contribution in [0.25, 0.3) is 42.7 Å². The van der Waals surface area contributed by atoms with Crippen LogP contribution in [0.3, 0.4) is 0 Å². The van der Waals surface area contributed by atoms with Gasteiger partial charge >= 0.3 is 0 Å². The standard InChI is InChI=1S/C37H49N7O3S/c1-21(2)28(42-46)18-24(7-5-15-38)29-19-26-10-9-23-17-25(11-12-27(23)35(26)40-29)32-13-14-33(48-32)30-20-39-36(41-30)31-8-6-16-44(31)37(45)34(43-47)22(3)4/h9-14,17,19-22,24,28,31,34,40,42-43,46-47H,5-8,15-16,18,38H2,1-4H3,(H,39,41)/t24?,28-,31+,34+/m1/s1. The minimum atomic E-state index is -0.637. The zero-order valence-corrected chi connectivity index (χ0v) is 29.1. The molecule has 0 spiro atoms. The molecule has 1 saturated heterocycles. The van der Waals surface area contributed by atoms with Gasteiger partial charge in [0.15, 0.2) is 0 Å². The number of thiophene rings is 1. The highest BCUT2D eigenvalue weighted by molar-refractivity contribution is 7.18. The Balaban J connectivity index is 1.22. The fourth-order valence-electron chi connectivity index (χ4n) is 7.12. The van der Waals surface area contributed by atoms with Gasteiger partial charge in [0.05, 0.1) is 28.3 Å². The first kappa shape index (κ1) is 34.3. The summed E-state index contributed by atoms with van der Waals surface area (Å²) in [6.45, 7) is 9.40. The summed E-state index contributed by atoms with van der Waals surface area (Å²) in [5.41, 5.74) is 15.0. The number of rotatable bonds is 14. The van der Waals surface area contributed by atoms with Gasteiger partial charge in [0, 0.05) is 39.8 Å². The number of nitrogens with zero attached hydrogens (tertiary/aromatic N) is 2. The number of hydrogen-bond donors (Lipinski definition) is 7. The maximum atomic E-state index is 13.2. The van der Waals surface area contributed by atoms with Crippen molar-refractivity contribution in [2.75, 3.05) is 13.1 Å². The second-order valence-electron chi connectivity index (χ2n) is 13.9. The second-order valence-corrected chi connectivity index (χ2v) is 15.0. The Morgan fingerprint density at radius 2 is 1.81 bits per heavy atom. The van der Waals surface area contributed by atoms with Crippen LogP contribution in [0.5, 0.6) is 0 Å². The molecule has 0 radical (unpaired) electrons. The Hall–Kier alpha value is -3.58. The number of nitrogens with two attached hydrogens (primary N) is 1. The lowest BCUT2D eigenvalue weighted by atomic mass is 9.88. The van der Waals surface area contributed by atoms with E-state index in [9.17, 15) is 15.2 Å². The summed E-state index contributed by atoms with van der Waals surface area (Å²) in [6, 6.07) is 16.8. The summed E-state index contributed by atoms with van der Waals surface area (Å²) >= 11 is 1.71. The van der Waals surface area contributed by atoms with Gasteiger partial charge in [-0.15, -0.1) is 11.3 Å². The Morgan fingerprint density at radius 1 is 1.02 bits per heavy atom. The molecule has 8 N–H and O–H groups in total. The molecule has 11 heteroatoms. The van der Waals surface area contributed by atoms with Gasteiger partial charge in [-0.2, -0.15) is 5.48 Å². The van der Waals surface area contributed by atoms with Crippen LogP contribution in [0.2, 0.25) is 0 Å². The van der Waals surface area contributed by atoms with E-state index in [1.165, 1.54) is 26.7 Å². The number of hydroxylamine groups is 2. The fourth-order valence-corrected chi connectivity index (χ4v) is 8.09. The molecule has 4 atom stereocenters. The number of H-pyrrole nitrogens is 2. The van der Waals surface area contributed by atoms with Gasteiger partial charge in [0.25, 0.3) is 0 Å². The molecular weight excluding hydrogens is 623 g/mol. The van der Waals surface area contributed by atoms with E-state index >= 15 is 0 Å². The van der Waals surface area contributed by atoms with Gasteiger partial charge < -0.3 is 31.0 Å². The van der Waals surface area contributed by atoms with E-state index in [0.717, 1.165) is 59.6 Å². The molecular formula is C37H49N7O3S. The van der Waals surface area contributed by atoms with Gasteiger partial charge in [0.2, 0.25) is 5.91 Å². The van der Waals surface area contributed by atoms with E-state index in [1.807, 2.05) is 24.9 Å². The van der Waals surface area contributed by atoms with Crippen molar-refractivity contribution in [3.8, 4) is 21.0 Å². The normalized spacial score (nSPS) is 17.3. The Kier molecular flexibility index (Phi) is 10.6. The summed E-state index contributed by atoms with van der Waals surface area (Å²) in [6.07, 6.45) is 6.33. The summed E-state index contributed by atoms with van der Waals surface area (Å²) in [5.74, 6) is 1.23. The molecule has 4 heterocycles. The average molecular weight is 672 g/mol. The van der Waals surface area contributed by atoms with Crippen molar-refractivity contribution in [2.45, 2.75) is 83.8 Å². The molecule has 0 aliphatic carbocycles. The van der Waals surface area contributed by atoms with Crippen LogP contribution in [0.4, 0.5) is 0 Å². The molecule has 1 unspecified atom stereocenters. The molecule has 2 aromatic carbocycles. The molecule has 10 nitrogen and oxygen atoms in total. The van der Waals surface area contributed by atoms with E-state index in [4.69, 9.17) is 10.7 Å². The summed E-state index contributed by atoms with van der Waals surface area (Å²) in [4.78, 5) is 29.2. The molecule has 256 valence electrons. The molecule has 6 rings (SSSR count). The quantitative estimate of drug-likeness (QED) is 0.0610. The highest BCUT2D eigenvalue weighted by Gasteiger charge is 2.36. The first-order valence-electron chi connectivity index (χ1n) is 17.2. The zero-order chi connectivity index (χ0) is 33.9. The fraction of sp³-hybridized carbons (Fsp3) is 0.459. The Bertz CT molecular complexity index is 1840. The lowest BCUT2D eigenvalue weighted by Gasteiger charge is -2.28. The molecule has 0 bridgehead atoms. The van der Waals surface area contributed by atoms with Crippen LogP contribution in [0.15, 0.2) is 54.7 Å². The number of fused-ring (bicyclic) bond motifs is 3. The van der Waals surface area contributed by atoms with E-state index in [2.05, 4.69) is 83.3 Å². The average Bonchev–Trinajstić information content (AvgIpc) is 3.90. The van der Waals surface area contributed by atoms with Crippen LogP contribution in [0.1, 0.15) is 83.3 Å². The largest absolute Gasteiger partial charge is 0.358 e. The van der Waals surface area contributed by atoms with Crippen molar-refractivity contribution in [3.63, 3.8) is 0 Å². The first-order chi connectivity index (χ1) is 23.2. The van der Waals surface area contributed by atoms with E-state index in [-0.39, 0.29) is 29.8 Å². The van der Waals surface area contributed by atoms with Crippen molar-refractivity contribution in [3.05, 3.63) is 66.2 Å². The molecule has 48 heavy (non-hydrogen) atoms. The summed E-state index contributed by atoms with van der Waals surface area (Å²) in [7, 11) is 0. The van der Waals surface area contributed by atoms with Crippen LogP contribution in [-0.4, -0.2) is 61.3 Å². The number of amides is 1. The van der Waals surface area contributed by atoms with E-state index in [0.29, 0.717) is 19.0 Å². The highest BCUT2D eigenvalue weighted by atomic mass is 32.1. The molecule has 3 aromatic heterocycles. The molecule has 5 aromatic rings. The number of aromatic nitrogens is 3. The third-order valence-corrected chi connectivity index (χ3v) is 11.2. The zero-order valence-electron chi connectivity index (χ0n) is 28.3. The van der Waals surface area contributed by atoms with Crippen molar-refractivity contribution in [2.24, 2.45) is 17.6 Å². The van der Waals surface area contributed by atoms with Crippen LogP contribution in [-0.2, 0) is 4.79 Å². The van der Waals surface area contributed by atoms with Gasteiger partial charge in [-0.1, -0.05) is 52.0 Å². The van der Waals surface area contributed by atoms with Gasteiger partial charge in [-0.25, -0.2) is 10.5 Å². The van der Waals surface area contributed by atoms with Crippen molar-refractivity contribution in [1.82, 2.24) is 30.8 Å². The first-order valence-corrected chi connectivity index (χ1v) is 18.0. The van der Waals surface area contributed by atoms with Crippen molar-refractivity contribution in [1.29, 1.82) is 0 Å². The smallest absolute Gasteiger partial charge is 0.242 e. The molecule has 1 aliphatic heterocycles. The number of likely N-dealkylation sites (tertiary alicyclic amines) is 1. The second kappa shape index (κ2) is 14.9. The lowest BCUT2D eigenvalue weighted by Crippen LogP contribution is -2.48. The van der Waals surface area contributed by atoms with E-state index in [1.54, 1.807) is 11.3 Å². The van der Waals surface area contributed by atoms with Crippen LogP contribution in [0, 0.1) is 11.8 Å². The number of aromatic amines is 2. The number of benzene rings is 2. The predicted octanol–water partition coefficient (Wildman–Crippen LogP) is 7.32. The predicted molar refractivity (Wildman–Crippen MR) is 193 cm³/mol. The Labute approximate surface area is 286 Å². The third-order valence-electron chi connectivity index (χ3n) is 10.0. The topological polar surface area (TPSA) is 155 Å². The number of hydrogen-bond acceptors (Lipinski definition) is 8. The Morgan fingerprint density at radius 3 is 2.54 bits per heavy atom. The number of carbonyl (C=O) groups excluding carboxylic acids is 1. The molecule has 0 saturated carbocycles.